The summed E-state index contributed by atoms with van der Waals surface area (Å²) in [6, 6.07) is 11.1. The fourth-order valence-electron chi connectivity index (χ4n) is 2.72. The van der Waals surface area contributed by atoms with Gasteiger partial charge in [-0.25, -0.2) is 0 Å². The number of hydrogen-bond donors (Lipinski definition) is 1. The van der Waals surface area contributed by atoms with Crippen molar-refractivity contribution in [3.8, 4) is 0 Å². The number of nitrogens with zero attached hydrogens (tertiary/aromatic N) is 4. The molecule has 0 amide bonds. The van der Waals surface area contributed by atoms with Gasteiger partial charge >= 0.3 is 5.69 Å². The Kier molecular flexibility index (Phi) is 4.93. The van der Waals surface area contributed by atoms with E-state index in [-0.39, 0.29) is 11.4 Å². The van der Waals surface area contributed by atoms with Crippen molar-refractivity contribution < 1.29 is 9.85 Å². The highest BCUT2D eigenvalue weighted by molar-refractivity contribution is 5.99. The van der Waals surface area contributed by atoms with Gasteiger partial charge < -0.3 is 4.57 Å². The Labute approximate surface area is 153 Å². The number of allylic oxidation sites excluding steroid dienone is 1. The summed E-state index contributed by atoms with van der Waals surface area (Å²) in [4.78, 5) is 20.6. The van der Waals surface area contributed by atoms with Gasteiger partial charge in [-0.2, -0.15) is 5.10 Å². The monoisotopic (exact) mass is 365 g/mol. The molecule has 0 unspecified atom stereocenters. The zero-order chi connectivity index (χ0) is 19.4. The first kappa shape index (κ1) is 17.8. The number of fused-ring (bicyclic) bond motifs is 1. The fourth-order valence-corrected chi connectivity index (χ4v) is 2.72. The molecule has 27 heavy (non-hydrogen) atoms. The van der Waals surface area contributed by atoms with E-state index in [4.69, 9.17) is 0 Å². The number of rotatable bonds is 7. The first-order valence-corrected chi connectivity index (χ1v) is 7.92. The predicted molar refractivity (Wildman–Crippen MR) is 103 cm³/mol. The van der Waals surface area contributed by atoms with Crippen molar-refractivity contribution in [3.05, 3.63) is 87.1 Å². The molecule has 3 aromatic rings. The van der Waals surface area contributed by atoms with Crippen molar-refractivity contribution in [2.24, 2.45) is 5.10 Å². The van der Waals surface area contributed by atoms with Gasteiger partial charge in [0, 0.05) is 35.3 Å². The third-order valence-electron chi connectivity index (χ3n) is 3.92. The lowest BCUT2D eigenvalue weighted by Crippen LogP contribution is -1.98. The van der Waals surface area contributed by atoms with Crippen molar-refractivity contribution >= 4 is 34.2 Å². The van der Waals surface area contributed by atoms with E-state index >= 15 is 0 Å². The van der Waals surface area contributed by atoms with Crippen molar-refractivity contribution in [2.75, 3.05) is 5.43 Å². The Bertz CT molecular complexity index is 1070. The minimum atomic E-state index is -0.694. The standard InChI is InChI=1S/C18H15N5O4/c1-2-9-21-12-13(15-5-3-4-6-17(15)21)11-19-20-16-8-7-14(22(24)25)10-18(16)23(26)27/h2-8,10-12,20H,1,9H2/b19-11-. The second kappa shape index (κ2) is 7.48. The third-order valence-corrected chi connectivity index (χ3v) is 3.92. The van der Waals surface area contributed by atoms with Crippen LogP contribution in [0.4, 0.5) is 17.1 Å². The second-order valence-electron chi connectivity index (χ2n) is 5.63. The quantitative estimate of drug-likeness (QED) is 0.293. The van der Waals surface area contributed by atoms with Gasteiger partial charge in [-0.3, -0.25) is 25.7 Å². The van der Waals surface area contributed by atoms with Crippen LogP contribution < -0.4 is 5.43 Å². The van der Waals surface area contributed by atoms with Gasteiger partial charge in [0.1, 0.15) is 5.69 Å². The summed E-state index contributed by atoms with van der Waals surface area (Å²) in [6.07, 6.45) is 5.24. The van der Waals surface area contributed by atoms with Crippen LogP contribution in [0.5, 0.6) is 0 Å². The Morgan fingerprint density at radius 2 is 1.93 bits per heavy atom. The van der Waals surface area contributed by atoms with Gasteiger partial charge in [-0.15, -0.1) is 6.58 Å². The summed E-state index contributed by atoms with van der Waals surface area (Å²) in [5, 5.41) is 27.0. The number of nitrogens with one attached hydrogen (secondary N) is 1. The van der Waals surface area contributed by atoms with Crippen LogP contribution in [-0.4, -0.2) is 20.6 Å². The molecule has 3 rings (SSSR count). The molecular weight excluding hydrogens is 350 g/mol. The average Bonchev–Trinajstić information content (AvgIpc) is 3.00. The lowest BCUT2D eigenvalue weighted by atomic mass is 10.2. The maximum absolute atomic E-state index is 11.2. The SMILES string of the molecule is C=CCn1cc(/C=N\Nc2ccc([N+](=O)[O-])cc2[N+](=O)[O-])c2ccccc21. The molecule has 9 nitrogen and oxygen atoms in total. The van der Waals surface area contributed by atoms with Crippen LogP contribution in [0.3, 0.4) is 0 Å². The van der Waals surface area contributed by atoms with Crippen LogP contribution in [0.25, 0.3) is 10.9 Å². The lowest BCUT2D eigenvalue weighted by molar-refractivity contribution is -0.393. The molecule has 0 atom stereocenters. The maximum atomic E-state index is 11.2. The molecule has 0 aliphatic rings. The fraction of sp³-hybridized carbons (Fsp3) is 0.0556. The van der Waals surface area contributed by atoms with Crippen molar-refractivity contribution in [1.82, 2.24) is 4.57 Å². The zero-order valence-electron chi connectivity index (χ0n) is 14.1. The summed E-state index contributed by atoms with van der Waals surface area (Å²) in [5.74, 6) is 0. The summed E-state index contributed by atoms with van der Waals surface area (Å²) in [7, 11) is 0. The number of para-hydroxylation sites is 1. The van der Waals surface area contributed by atoms with E-state index in [9.17, 15) is 20.2 Å². The van der Waals surface area contributed by atoms with Crippen molar-refractivity contribution in [1.29, 1.82) is 0 Å². The highest BCUT2D eigenvalue weighted by Crippen LogP contribution is 2.29. The van der Waals surface area contributed by atoms with E-state index in [1.54, 1.807) is 12.3 Å². The molecule has 0 aliphatic heterocycles. The average molecular weight is 365 g/mol. The van der Waals surface area contributed by atoms with E-state index in [0.717, 1.165) is 22.5 Å². The molecule has 0 aliphatic carbocycles. The van der Waals surface area contributed by atoms with Crippen molar-refractivity contribution in [3.63, 3.8) is 0 Å². The highest BCUT2D eigenvalue weighted by atomic mass is 16.6. The number of hydrogen-bond acceptors (Lipinski definition) is 6. The minimum absolute atomic E-state index is 0.0664. The Morgan fingerprint density at radius 1 is 1.15 bits per heavy atom. The normalized spacial score (nSPS) is 11.0. The van der Waals surface area contributed by atoms with E-state index < -0.39 is 15.5 Å². The van der Waals surface area contributed by atoms with E-state index in [0.29, 0.717) is 6.54 Å². The Balaban J connectivity index is 1.90. The summed E-state index contributed by atoms with van der Waals surface area (Å²) < 4.78 is 2.01. The van der Waals surface area contributed by atoms with Crippen LogP contribution in [0.15, 0.2) is 66.4 Å². The maximum Gasteiger partial charge on any atom is 0.301 e. The van der Waals surface area contributed by atoms with Gasteiger partial charge in [0.2, 0.25) is 0 Å². The smallest absolute Gasteiger partial charge is 0.301 e. The molecule has 0 radical (unpaired) electrons. The minimum Gasteiger partial charge on any atom is -0.343 e. The predicted octanol–water partition coefficient (Wildman–Crippen LogP) is 4.09. The number of anilines is 1. The molecule has 1 heterocycles. The van der Waals surface area contributed by atoms with Crippen LogP contribution in [0.1, 0.15) is 5.56 Å². The molecule has 1 aromatic heterocycles. The summed E-state index contributed by atoms with van der Waals surface area (Å²) in [5.41, 5.74) is 3.72. The molecule has 0 spiro atoms. The number of nitro benzene ring substituents is 2. The number of non-ortho nitro benzene ring substituents is 1. The van der Waals surface area contributed by atoms with Crippen LogP contribution in [0.2, 0.25) is 0 Å². The topological polar surface area (TPSA) is 116 Å². The molecule has 1 N–H and O–H groups in total. The molecule has 0 fully saturated rings. The molecule has 0 bridgehead atoms. The van der Waals surface area contributed by atoms with Gasteiger partial charge in [-0.1, -0.05) is 24.3 Å². The summed E-state index contributed by atoms with van der Waals surface area (Å²) in [6.45, 7) is 4.38. The number of hydrazone groups is 1. The number of nitro groups is 2. The van der Waals surface area contributed by atoms with Gasteiger partial charge in [0.25, 0.3) is 5.69 Å². The van der Waals surface area contributed by atoms with E-state index in [1.807, 2.05) is 35.0 Å². The van der Waals surface area contributed by atoms with Crippen LogP contribution in [0, 0.1) is 20.2 Å². The van der Waals surface area contributed by atoms with E-state index in [1.165, 1.54) is 12.1 Å². The highest BCUT2D eigenvalue weighted by Gasteiger charge is 2.19. The Morgan fingerprint density at radius 3 is 2.63 bits per heavy atom. The van der Waals surface area contributed by atoms with Gasteiger partial charge in [0.05, 0.1) is 22.1 Å². The molecule has 0 saturated carbocycles. The van der Waals surface area contributed by atoms with Gasteiger partial charge in [0.15, 0.2) is 0 Å². The van der Waals surface area contributed by atoms with Crippen molar-refractivity contribution in [2.45, 2.75) is 6.54 Å². The van der Waals surface area contributed by atoms with E-state index in [2.05, 4.69) is 17.1 Å². The second-order valence-corrected chi connectivity index (χ2v) is 5.63. The zero-order valence-corrected chi connectivity index (χ0v) is 14.1. The third kappa shape index (κ3) is 3.66. The van der Waals surface area contributed by atoms with Crippen LogP contribution in [-0.2, 0) is 6.54 Å². The molecule has 136 valence electrons. The molecular formula is C18H15N5O4. The molecule has 2 aromatic carbocycles. The molecule has 9 heteroatoms. The number of benzene rings is 2. The van der Waals surface area contributed by atoms with Crippen LogP contribution >= 0.6 is 0 Å². The molecule has 0 saturated heterocycles. The first-order chi connectivity index (χ1) is 13.0. The van der Waals surface area contributed by atoms with Gasteiger partial charge in [-0.05, 0) is 12.1 Å². The summed E-state index contributed by atoms with van der Waals surface area (Å²) >= 11 is 0. The lowest BCUT2D eigenvalue weighted by Gasteiger charge is -2.01. The Hall–Kier alpha value is -4.01. The first-order valence-electron chi connectivity index (χ1n) is 7.92. The largest absolute Gasteiger partial charge is 0.343 e. The number of aromatic nitrogens is 1.